The number of nitrogens with one attached hydrogen (secondary N) is 1. The zero-order valence-electron chi connectivity index (χ0n) is 23.2. The molecule has 202 valence electrons. The van der Waals surface area contributed by atoms with Crippen molar-refractivity contribution >= 4 is 12.1 Å². The molecule has 1 saturated carbocycles. The summed E-state index contributed by atoms with van der Waals surface area (Å²) in [6, 6.07) is 5.15. The van der Waals surface area contributed by atoms with Crippen LogP contribution in [-0.4, -0.2) is 48.2 Å². The summed E-state index contributed by atoms with van der Waals surface area (Å²) >= 11 is 0. The molecule has 0 unspecified atom stereocenters. The van der Waals surface area contributed by atoms with Gasteiger partial charge in [-0.3, -0.25) is 9.80 Å². The number of carbonyl (C=O) groups is 1. The minimum Gasteiger partial charge on any atom is -0.373 e. The second-order valence-electron chi connectivity index (χ2n) is 9.94. The number of allylic oxidation sites excluding steroid dienone is 6. The highest BCUT2D eigenvalue weighted by atomic mass is 19.1. The lowest BCUT2D eigenvalue weighted by Crippen LogP contribution is -2.33. The number of benzene rings is 1. The summed E-state index contributed by atoms with van der Waals surface area (Å²) in [5.74, 6) is 0.243. The number of hydrogen-bond donors (Lipinski definition) is 1. The summed E-state index contributed by atoms with van der Waals surface area (Å²) in [7, 11) is 0. The Balaban J connectivity index is 2.21. The molecule has 1 fully saturated rings. The quantitative estimate of drug-likeness (QED) is 0.0940. The maximum absolute atomic E-state index is 13.8. The van der Waals surface area contributed by atoms with E-state index in [1.54, 1.807) is 19.1 Å². The number of rotatable bonds is 15. The molecule has 0 aromatic heterocycles. The molecule has 0 spiro atoms. The van der Waals surface area contributed by atoms with Crippen LogP contribution >= 0.6 is 0 Å². The maximum Gasteiger partial charge on any atom is 0.207 e. The summed E-state index contributed by atoms with van der Waals surface area (Å²) < 4.78 is 13.8. The molecule has 1 N–H and O–H groups in total. The van der Waals surface area contributed by atoms with Gasteiger partial charge in [-0.15, -0.1) is 0 Å². The van der Waals surface area contributed by atoms with E-state index in [0.29, 0.717) is 18.0 Å². The van der Waals surface area contributed by atoms with Gasteiger partial charge in [-0.1, -0.05) is 50.6 Å². The molecule has 5 nitrogen and oxygen atoms in total. The molecule has 1 aliphatic carbocycles. The normalized spacial score (nSPS) is 15.3. The molecule has 0 heterocycles. The second-order valence-corrected chi connectivity index (χ2v) is 9.94. The molecular formula is C31H45FN4O. The number of carbonyl (C=O) groups excluding carboxylic acids is 1. The fourth-order valence-corrected chi connectivity index (χ4v) is 4.80. The van der Waals surface area contributed by atoms with E-state index in [9.17, 15) is 9.18 Å². The maximum atomic E-state index is 13.8. The van der Waals surface area contributed by atoms with E-state index in [4.69, 9.17) is 5.10 Å². The summed E-state index contributed by atoms with van der Waals surface area (Å²) in [6.45, 7) is 19.0. The van der Waals surface area contributed by atoms with Crippen molar-refractivity contribution < 1.29 is 9.18 Å². The molecule has 2 rings (SSSR count). The molecule has 37 heavy (non-hydrogen) atoms. The summed E-state index contributed by atoms with van der Waals surface area (Å²) in [5.41, 5.74) is 5.74. The number of aryl methyl sites for hydroxylation is 1. The largest absolute Gasteiger partial charge is 0.373 e. The van der Waals surface area contributed by atoms with Crippen LogP contribution in [0.25, 0.3) is 0 Å². The van der Waals surface area contributed by atoms with E-state index in [-0.39, 0.29) is 5.82 Å². The van der Waals surface area contributed by atoms with Gasteiger partial charge in [0.25, 0.3) is 0 Å². The summed E-state index contributed by atoms with van der Waals surface area (Å²) in [4.78, 5) is 13.1. The van der Waals surface area contributed by atoms with Crippen LogP contribution in [0.15, 0.2) is 71.7 Å². The van der Waals surface area contributed by atoms with E-state index in [1.165, 1.54) is 25.3 Å². The molecular weight excluding hydrogens is 463 g/mol. The monoisotopic (exact) mass is 508 g/mol. The van der Waals surface area contributed by atoms with Crippen molar-refractivity contribution in [1.82, 2.24) is 15.2 Å². The molecule has 0 atom stereocenters. The average Bonchev–Trinajstić information content (AvgIpc) is 2.88. The van der Waals surface area contributed by atoms with Crippen LogP contribution in [-0.2, 0) is 4.79 Å². The van der Waals surface area contributed by atoms with Crippen LogP contribution in [0.3, 0.4) is 0 Å². The number of halogens is 1. The molecule has 6 heteroatoms. The zero-order chi connectivity index (χ0) is 27.2. The topological polar surface area (TPSA) is 47.9 Å². The van der Waals surface area contributed by atoms with Gasteiger partial charge in [-0.2, -0.15) is 5.10 Å². The highest BCUT2D eigenvalue weighted by molar-refractivity contribution is 5.98. The van der Waals surface area contributed by atoms with Crippen molar-refractivity contribution in [2.75, 3.05) is 26.2 Å². The van der Waals surface area contributed by atoms with Gasteiger partial charge in [0.05, 0.1) is 5.71 Å². The smallest absolute Gasteiger partial charge is 0.207 e. The van der Waals surface area contributed by atoms with E-state index in [0.717, 1.165) is 73.5 Å². The Kier molecular flexibility index (Phi) is 12.9. The van der Waals surface area contributed by atoms with Gasteiger partial charge < -0.3 is 10.2 Å². The minimum atomic E-state index is -0.203. The Morgan fingerprint density at radius 1 is 1.16 bits per heavy atom. The van der Waals surface area contributed by atoms with Crippen molar-refractivity contribution in [3.8, 4) is 0 Å². The zero-order valence-corrected chi connectivity index (χ0v) is 23.2. The van der Waals surface area contributed by atoms with Gasteiger partial charge in [0, 0.05) is 43.5 Å². The van der Waals surface area contributed by atoms with Crippen LogP contribution in [0.1, 0.15) is 70.4 Å². The lowest BCUT2D eigenvalue weighted by Gasteiger charge is -2.32. The molecule has 1 aromatic carbocycles. The van der Waals surface area contributed by atoms with Gasteiger partial charge >= 0.3 is 0 Å². The van der Waals surface area contributed by atoms with E-state index >= 15 is 0 Å². The minimum absolute atomic E-state index is 0.203. The Bertz CT molecular complexity index is 1000. The van der Waals surface area contributed by atoms with Crippen molar-refractivity contribution in [2.45, 2.75) is 66.2 Å². The summed E-state index contributed by atoms with van der Waals surface area (Å²) in [6.07, 6.45) is 13.6. The molecule has 1 aliphatic rings. The van der Waals surface area contributed by atoms with E-state index < -0.39 is 0 Å². The molecule has 1 amide bonds. The van der Waals surface area contributed by atoms with Crippen LogP contribution < -0.4 is 5.32 Å². The molecule has 0 bridgehead atoms. The van der Waals surface area contributed by atoms with E-state index in [2.05, 4.69) is 48.3 Å². The van der Waals surface area contributed by atoms with Crippen molar-refractivity contribution in [2.24, 2.45) is 11.0 Å². The lowest BCUT2D eigenvalue weighted by molar-refractivity contribution is -0.109. The Morgan fingerprint density at radius 3 is 2.54 bits per heavy atom. The predicted molar refractivity (Wildman–Crippen MR) is 154 cm³/mol. The van der Waals surface area contributed by atoms with Gasteiger partial charge in [-0.25, -0.2) is 4.39 Å². The molecule has 0 aliphatic heterocycles. The number of nitrogens with zero attached hydrogens (tertiary/aromatic N) is 3. The average molecular weight is 509 g/mol. The Hall–Kier alpha value is -3.15. The van der Waals surface area contributed by atoms with Crippen molar-refractivity contribution in [1.29, 1.82) is 0 Å². The first kappa shape index (κ1) is 30.1. The van der Waals surface area contributed by atoms with E-state index in [1.807, 2.05) is 19.1 Å². The molecule has 1 aromatic rings. The first-order chi connectivity index (χ1) is 17.8. The van der Waals surface area contributed by atoms with Crippen LogP contribution in [0.5, 0.6) is 0 Å². The van der Waals surface area contributed by atoms with Crippen LogP contribution in [0, 0.1) is 18.7 Å². The third-order valence-electron chi connectivity index (χ3n) is 6.98. The number of hydrazone groups is 1. The van der Waals surface area contributed by atoms with Gasteiger partial charge in [-0.05, 0) is 81.9 Å². The molecule has 0 radical (unpaired) electrons. The Labute approximate surface area is 223 Å². The molecule has 0 saturated heterocycles. The Morgan fingerprint density at radius 2 is 1.89 bits per heavy atom. The first-order valence-corrected chi connectivity index (χ1v) is 13.4. The fourth-order valence-electron chi connectivity index (χ4n) is 4.80. The third-order valence-corrected chi connectivity index (χ3v) is 6.98. The van der Waals surface area contributed by atoms with Gasteiger partial charge in [0.2, 0.25) is 6.41 Å². The number of amides is 1. The van der Waals surface area contributed by atoms with Crippen molar-refractivity contribution in [3.05, 3.63) is 83.5 Å². The predicted octanol–water partition coefficient (Wildman–Crippen LogP) is 6.73. The first-order valence-electron chi connectivity index (χ1n) is 13.4. The SMILES string of the molecule is C=C/C=C(C)\C=C(/C)N(CCCN(/N=C(\C)c1ccc(F)c(C)c1)C(=C)C1CCCCC1)CCNC=O. The highest BCUT2D eigenvalue weighted by Gasteiger charge is 2.21. The van der Waals surface area contributed by atoms with Crippen LogP contribution in [0.4, 0.5) is 4.39 Å². The highest BCUT2D eigenvalue weighted by Crippen LogP contribution is 2.31. The van der Waals surface area contributed by atoms with Crippen LogP contribution in [0.2, 0.25) is 0 Å². The van der Waals surface area contributed by atoms with Gasteiger partial charge in [0.15, 0.2) is 0 Å². The third kappa shape index (κ3) is 10.0. The van der Waals surface area contributed by atoms with Crippen molar-refractivity contribution in [3.63, 3.8) is 0 Å². The second kappa shape index (κ2) is 15.9. The fraction of sp³-hybridized carbons (Fsp3) is 0.484. The standard InChI is InChI=1S/C31H45FN4O/c1-7-12-24(2)21-26(4)35(20-17-33-23-37)18-11-19-36(28(6)29-13-9-8-10-14-29)34-27(5)30-15-16-31(32)25(3)22-30/h7,12,15-16,21-23,29H,1,6,8-11,13-14,17-20H2,2-5H3,(H,33,37)/b24-12-,26-21+,34-27+. The number of hydrogen-bond acceptors (Lipinski definition) is 4. The lowest BCUT2D eigenvalue weighted by atomic mass is 9.87. The summed E-state index contributed by atoms with van der Waals surface area (Å²) in [5, 5.41) is 9.85. The van der Waals surface area contributed by atoms with Gasteiger partial charge in [0.1, 0.15) is 5.82 Å².